The third-order valence-electron chi connectivity index (χ3n) is 5.15. The van der Waals surface area contributed by atoms with Crippen LogP contribution in [0.3, 0.4) is 0 Å². The van der Waals surface area contributed by atoms with Gasteiger partial charge in [0.05, 0.1) is 12.8 Å². The van der Waals surface area contributed by atoms with Crippen LogP contribution in [-0.4, -0.2) is 75.3 Å². The Bertz CT molecular complexity index is 976. The first-order valence-electron chi connectivity index (χ1n) is 9.86. The lowest BCUT2D eigenvalue weighted by Crippen LogP contribution is -2.51. The molecule has 0 unspecified atom stereocenters. The molecule has 2 aromatic rings. The first-order chi connectivity index (χ1) is 15.1. The van der Waals surface area contributed by atoms with Gasteiger partial charge in [-0.15, -0.1) is 13.2 Å². The molecule has 172 valence electrons. The third kappa shape index (κ3) is 5.28. The minimum absolute atomic E-state index is 0.226. The molecule has 0 radical (unpaired) electrons. The lowest BCUT2D eigenvalue weighted by atomic mass is 10.1. The monoisotopic (exact) mass is 454 g/mol. The number of halogens is 3. The maximum atomic E-state index is 12.2. The molecule has 1 atom stereocenters. The fourth-order valence-electron chi connectivity index (χ4n) is 3.75. The van der Waals surface area contributed by atoms with E-state index in [2.05, 4.69) is 19.7 Å². The molecule has 1 aromatic carbocycles. The SMILES string of the molecule is C[C@]1(CN2CCN(N=Cc3ccc(OC(F)(F)F)cc3)CC2)Cn2cc([N+](=O)[O-])nc2O1. The molecule has 3 heterocycles. The highest BCUT2D eigenvalue weighted by Gasteiger charge is 2.41. The second-order valence-electron chi connectivity index (χ2n) is 7.91. The van der Waals surface area contributed by atoms with E-state index in [4.69, 9.17) is 4.74 Å². The first kappa shape index (κ1) is 21.9. The van der Waals surface area contributed by atoms with Gasteiger partial charge in [-0.25, -0.2) is 0 Å². The van der Waals surface area contributed by atoms with E-state index >= 15 is 0 Å². The van der Waals surface area contributed by atoms with Crippen LogP contribution < -0.4 is 9.47 Å². The van der Waals surface area contributed by atoms with Crippen molar-refractivity contribution in [2.24, 2.45) is 5.10 Å². The Balaban J connectivity index is 1.24. The van der Waals surface area contributed by atoms with Crippen LogP contribution in [0.5, 0.6) is 11.8 Å². The van der Waals surface area contributed by atoms with Crippen molar-refractivity contribution in [2.45, 2.75) is 25.4 Å². The van der Waals surface area contributed by atoms with Gasteiger partial charge in [-0.1, -0.05) is 0 Å². The summed E-state index contributed by atoms with van der Waals surface area (Å²) in [5, 5.41) is 17.1. The summed E-state index contributed by atoms with van der Waals surface area (Å²) in [4.78, 5) is 16.4. The molecule has 32 heavy (non-hydrogen) atoms. The molecule has 0 aliphatic carbocycles. The quantitative estimate of drug-likeness (QED) is 0.376. The fourth-order valence-corrected chi connectivity index (χ4v) is 3.75. The van der Waals surface area contributed by atoms with E-state index in [1.54, 1.807) is 10.8 Å². The van der Waals surface area contributed by atoms with Gasteiger partial charge < -0.3 is 19.6 Å². The van der Waals surface area contributed by atoms with Crippen molar-refractivity contribution < 1.29 is 27.6 Å². The van der Waals surface area contributed by atoms with Crippen LogP contribution in [0.1, 0.15) is 12.5 Å². The largest absolute Gasteiger partial charge is 0.573 e. The second-order valence-corrected chi connectivity index (χ2v) is 7.91. The van der Waals surface area contributed by atoms with Crippen molar-refractivity contribution in [2.75, 3.05) is 32.7 Å². The lowest BCUT2D eigenvalue weighted by molar-refractivity contribution is -0.389. The minimum atomic E-state index is -4.71. The van der Waals surface area contributed by atoms with E-state index in [0.717, 1.165) is 13.1 Å². The Morgan fingerprint density at radius 2 is 1.97 bits per heavy atom. The maximum absolute atomic E-state index is 12.2. The van der Waals surface area contributed by atoms with Gasteiger partial charge in [0, 0.05) is 37.7 Å². The number of nitrogens with zero attached hydrogens (tertiary/aromatic N) is 6. The number of hydrogen-bond donors (Lipinski definition) is 0. The Hall–Kier alpha value is -3.35. The van der Waals surface area contributed by atoms with Crippen molar-refractivity contribution >= 4 is 12.0 Å². The zero-order valence-corrected chi connectivity index (χ0v) is 17.2. The summed E-state index contributed by atoms with van der Waals surface area (Å²) < 4.78 is 48.0. The third-order valence-corrected chi connectivity index (χ3v) is 5.15. The summed E-state index contributed by atoms with van der Waals surface area (Å²) in [6.07, 6.45) is -1.73. The van der Waals surface area contributed by atoms with Crippen LogP contribution in [0.2, 0.25) is 0 Å². The number of benzene rings is 1. The lowest BCUT2D eigenvalue weighted by Gasteiger charge is -2.36. The van der Waals surface area contributed by atoms with E-state index in [0.29, 0.717) is 31.7 Å². The molecule has 1 aromatic heterocycles. The van der Waals surface area contributed by atoms with Crippen LogP contribution >= 0.6 is 0 Å². The molecule has 2 aliphatic rings. The molecule has 13 heteroatoms. The van der Waals surface area contributed by atoms with E-state index in [-0.39, 0.29) is 17.6 Å². The predicted molar refractivity (Wildman–Crippen MR) is 107 cm³/mol. The van der Waals surface area contributed by atoms with Gasteiger partial charge in [0.1, 0.15) is 17.5 Å². The summed E-state index contributed by atoms with van der Waals surface area (Å²) in [6.45, 7) is 5.92. The van der Waals surface area contributed by atoms with E-state index in [1.165, 1.54) is 30.5 Å². The number of hydrazone groups is 1. The highest BCUT2D eigenvalue weighted by Crippen LogP contribution is 2.31. The van der Waals surface area contributed by atoms with Gasteiger partial charge in [0.2, 0.25) is 0 Å². The summed E-state index contributed by atoms with van der Waals surface area (Å²) in [6, 6.07) is 5.76. The molecule has 0 bridgehead atoms. The fraction of sp³-hybridized carbons (Fsp3) is 0.474. The predicted octanol–water partition coefficient (Wildman–Crippen LogP) is 2.49. The smallest absolute Gasteiger partial charge is 0.436 e. The summed E-state index contributed by atoms with van der Waals surface area (Å²) >= 11 is 0. The van der Waals surface area contributed by atoms with Gasteiger partial charge in [-0.2, -0.15) is 5.10 Å². The molecule has 4 rings (SSSR count). The second kappa shape index (κ2) is 8.30. The normalized spacial score (nSPS) is 21.6. The highest BCUT2D eigenvalue weighted by molar-refractivity contribution is 5.79. The Labute approximate surface area is 181 Å². The molecule has 0 N–H and O–H groups in total. The zero-order valence-electron chi connectivity index (χ0n) is 17.2. The number of imidazole rings is 1. The Kier molecular flexibility index (Phi) is 5.67. The Morgan fingerprint density at radius 3 is 2.56 bits per heavy atom. The summed E-state index contributed by atoms with van der Waals surface area (Å²) in [5.74, 6) is -0.501. The number of nitro groups is 1. The van der Waals surface area contributed by atoms with Crippen molar-refractivity contribution in [1.29, 1.82) is 0 Å². The van der Waals surface area contributed by atoms with E-state index in [9.17, 15) is 23.3 Å². The average Bonchev–Trinajstić information content (AvgIpc) is 3.22. The number of ether oxygens (including phenoxy) is 2. The Morgan fingerprint density at radius 1 is 1.28 bits per heavy atom. The average molecular weight is 454 g/mol. The van der Waals surface area contributed by atoms with E-state index in [1.807, 2.05) is 11.9 Å². The van der Waals surface area contributed by atoms with Crippen LogP contribution in [0.15, 0.2) is 35.6 Å². The maximum Gasteiger partial charge on any atom is 0.573 e. The van der Waals surface area contributed by atoms with Gasteiger partial charge in [0.25, 0.3) is 0 Å². The van der Waals surface area contributed by atoms with Crippen molar-refractivity contribution in [3.8, 4) is 11.8 Å². The zero-order chi connectivity index (χ0) is 22.9. The number of piperazine rings is 1. The minimum Gasteiger partial charge on any atom is -0.436 e. The highest BCUT2D eigenvalue weighted by atomic mass is 19.4. The number of aromatic nitrogens is 2. The first-order valence-corrected chi connectivity index (χ1v) is 9.86. The van der Waals surface area contributed by atoms with Crippen LogP contribution in [0.4, 0.5) is 19.0 Å². The summed E-state index contributed by atoms with van der Waals surface area (Å²) in [7, 11) is 0. The number of rotatable bonds is 6. The van der Waals surface area contributed by atoms with Crippen LogP contribution in [-0.2, 0) is 6.54 Å². The molecule has 0 spiro atoms. The number of hydrogen-bond acceptors (Lipinski definition) is 8. The molecule has 1 fully saturated rings. The number of alkyl halides is 3. The van der Waals surface area contributed by atoms with Gasteiger partial charge in [-0.05, 0) is 41.7 Å². The van der Waals surface area contributed by atoms with Crippen LogP contribution in [0.25, 0.3) is 0 Å². The molecule has 1 saturated heterocycles. The van der Waals surface area contributed by atoms with Crippen molar-refractivity contribution in [3.05, 3.63) is 46.1 Å². The number of fused-ring (bicyclic) bond motifs is 1. The van der Waals surface area contributed by atoms with Gasteiger partial charge in [-0.3, -0.25) is 14.5 Å². The topological polar surface area (TPSA) is 98.3 Å². The van der Waals surface area contributed by atoms with E-state index < -0.39 is 16.9 Å². The summed E-state index contributed by atoms with van der Waals surface area (Å²) in [5.41, 5.74) is 0.140. The molecule has 2 aliphatic heterocycles. The van der Waals surface area contributed by atoms with Crippen LogP contribution in [0, 0.1) is 10.1 Å². The molecular formula is C19H21F3N6O4. The van der Waals surface area contributed by atoms with Gasteiger partial charge >= 0.3 is 18.2 Å². The standard InChI is InChI=1S/C19H21F3N6O4/c1-18(13-26-11-16(28(29)30)24-17(26)32-18)12-25-6-8-27(9-7-25)23-10-14-2-4-15(5-3-14)31-19(20,21)22/h2-5,10-11H,6-9,12-13H2,1H3/t18-/m0/s1. The van der Waals surface area contributed by atoms with Crippen molar-refractivity contribution in [3.63, 3.8) is 0 Å². The van der Waals surface area contributed by atoms with Crippen molar-refractivity contribution in [1.82, 2.24) is 19.5 Å². The molecule has 0 amide bonds. The molecular weight excluding hydrogens is 433 g/mol. The molecule has 10 nitrogen and oxygen atoms in total. The van der Waals surface area contributed by atoms with Gasteiger partial charge in [0.15, 0.2) is 0 Å². The molecule has 0 saturated carbocycles.